The Labute approximate surface area is 195 Å². The molecule has 0 N–H and O–H groups in total. The first-order chi connectivity index (χ1) is 15.3. The zero-order chi connectivity index (χ0) is 23.9. The number of ether oxygens (including phenoxy) is 1. The third-order valence-corrected chi connectivity index (χ3v) is 5.38. The molecule has 0 aliphatic heterocycles. The van der Waals surface area contributed by atoms with Crippen molar-refractivity contribution in [1.82, 2.24) is 4.90 Å². The van der Waals surface area contributed by atoms with Crippen molar-refractivity contribution in [2.24, 2.45) is 0 Å². The monoisotopic (exact) mass is 435 g/mol. The van der Waals surface area contributed by atoms with E-state index in [4.69, 9.17) is 4.74 Å². The van der Waals surface area contributed by atoms with Crippen LogP contribution in [0.15, 0.2) is 84.5 Å². The van der Waals surface area contributed by atoms with Crippen molar-refractivity contribution in [2.45, 2.75) is 72.4 Å². The fourth-order valence-electron chi connectivity index (χ4n) is 3.51. The van der Waals surface area contributed by atoms with Crippen molar-refractivity contribution in [3.05, 3.63) is 90.1 Å². The molecule has 32 heavy (non-hydrogen) atoms. The van der Waals surface area contributed by atoms with E-state index in [1.807, 2.05) is 35.2 Å². The normalized spacial score (nSPS) is 12.7. The number of amides is 1. The molecular weight excluding hydrogens is 394 g/mol. The van der Waals surface area contributed by atoms with E-state index in [2.05, 4.69) is 59.1 Å². The topological polar surface area (TPSA) is 29.5 Å². The average Bonchev–Trinajstić information content (AvgIpc) is 2.76. The highest BCUT2D eigenvalue weighted by Crippen LogP contribution is 2.19. The Morgan fingerprint density at radius 2 is 1.62 bits per heavy atom. The second kappa shape index (κ2) is 15.1. The second-order valence-electron chi connectivity index (χ2n) is 8.53. The molecule has 1 atom stereocenters. The molecule has 1 amide bonds. The van der Waals surface area contributed by atoms with E-state index in [0.29, 0.717) is 13.0 Å². The van der Waals surface area contributed by atoms with Gasteiger partial charge in [-0.3, -0.25) is 4.79 Å². The molecule has 0 saturated heterocycles. The number of hydrogen-bond donors (Lipinski definition) is 0. The molecule has 174 valence electrons. The minimum Gasteiger partial charge on any atom is -0.497 e. The largest absolute Gasteiger partial charge is 0.497 e. The number of carbonyl (C=O) groups is 1. The number of nitrogens with zero attached hydrogens (tertiary/aromatic N) is 1. The van der Waals surface area contributed by atoms with E-state index in [-0.39, 0.29) is 11.9 Å². The molecule has 3 heteroatoms. The number of methoxy groups -OCH3 is 1. The summed E-state index contributed by atoms with van der Waals surface area (Å²) in [6, 6.07) is 7.77. The SMILES string of the molecule is C=CCC(/C=C(\C)CC/C=C(\C)CCC=C(C)C)N(Cc1ccc(OC)cc1)C(=O)C=C. The highest BCUT2D eigenvalue weighted by Gasteiger charge is 2.19. The molecule has 1 aromatic rings. The van der Waals surface area contributed by atoms with Crippen LogP contribution < -0.4 is 4.74 Å². The smallest absolute Gasteiger partial charge is 0.246 e. The number of rotatable bonds is 14. The van der Waals surface area contributed by atoms with Gasteiger partial charge in [-0.05, 0) is 83.6 Å². The predicted octanol–water partition coefficient (Wildman–Crippen LogP) is 7.57. The molecule has 0 spiro atoms. The summed E-state index contributed by atoms with van der Waals surface area (Å²) in [6.45, 7) is 16.8. The van der Waals surface area contributed by atoms with Crippen molar-refractivity contribution >= 4 is 5.91 Å². The highest BCUT2D eigenvalue weighted by molar-refractivity contribution is 5.87. The van der Waals surface area contributed by atoms with Gasteiger partial charge in [-0.1, -0.05) is 59.7 Å². The molecule has 0 bridgehead atoms. The Bertz CT molecular complexity index is 823. The van der Waals surface area contributed by atoms with Gasteiger partial charge >= 0.3 is 0 Å². The van der Waals surface area contributed by atoms with Crippen LogP contribution in [0.3, 0.4) is 0 Å². The predicted molar refractivity (Wildman–Crippen MR) is 138 cm³/mol. The van der Waals surface area contributed by atoms with E-state index in [0.717, 1.165) is 37.0 Å². The fourth-order valence-corrected chi connectivity index (χ4v) is 3.51. The van der Waals surface area contributed by atoms with Gasteiger partial charge in [0.25, 0.3) is 0 Å². The minimum atomic E-state index is -0.0771. The maximum absolute atomic E-state index is 12.7. The van der Waals surface area contributed by atoms with Crippen LogP contribution >= 0.6 is 0 Å². The van der Waals surface area contributed by atoms with Gasteiger partial charge < -0.3 is 9.64 Å². The zero-order valence-electron chi connectivity index (χ0n) is 20.7. The maximum atomic E-state index is 12.7. The Morgan fingerprint density at radius 1 is 1.00 bits per heavy atom. The molecule has 0 fully saturated rings. The van der Waals surface area contributed by atoms with Crippen LogP contribution in [-0.2, 0) is 11.3 Å². The van der Waals surface area contributed by atoms with Crippen molar-refractivity contribution in [3.8, 4) is 5.75 Å². The Morgan fingerprint density at radius 3 is 2.19 bits per heavy atom. The van der Waals surface area contributed by atoms with Gasteiger partial charge in [-0.15, -0.1) is 6.58 Å². The first-order valence-corrected chi connectivity index (χ1v) is 11.4. The van der Waals surface area contributed by atoms with Crippen LogP contribution in [0.25, 0.3) is 0 Å². The molecule has 0 aliphatic rings. The van der Waals surface area contributed by atoms with Crippen molar-refractivity contribution in [3.63, 3.8) is 0 Å². The first-order valence-electron chi connectivity index (χ1n) is 11.4. The standard InChI is InChI=1S/C29H41NO2/c1-8-12-27(21-25(6)16-11-15-24(5)14-10-13-23(3)4)30(29(31)9-2)22-26-17-19-28(32-7)20-18-26/h8-9,13,15,17-21,27H,1-2,10-12,14,16,22H2,3-7H3/b24-15+,25-21+. The number of benzene rings is 1. The van der Waals surface area contributed by atoms with Crippen LogP contribution in [0, 0.1) is 0 Å². The van der Waals surface area contributed by atoms with Crippen LogP contribution in [0.2, 0.25) is 0 Å². The van der Waals surface area contributed by atoms with E-state index < -0.39 is 0 Å². The third kappa shape index (κ3) is 10.5. The van der Waals surface area contributed by atoms with Crippen molar-refractivity contribution < 1.29 is 9.53 Å². The van der Waals surface area contributed by atoms with E-state index in [1.54, 1.807) is 7.11 Å². The molecule has 0 radical (unpaired) electrons. The lowest BCUT2D eigenvalue weighted by atomic mass is 10.0. The highest BCUT2D eigenvalue weighted by atomic mass is 16.5. The molecule has 1 rings (SSSR count). The Kier molecular flexibility index (Phi) is 12.8. The zero-order valence-corrected chi connectivity index (χ0v) is 20.7. The van der Waals surface area contributed by atoms with Crippen LogP contribution in [0.5, 0.6) is 5.75 Å². The lowest BCUT2D eigenvalue weighted by molar-refractivity contribution is -0.128. The maximum Gasteiger partial charge on any atom is 0.246 e. The van der Waals surface area contributed by atoms with Gasteiger partial charge in [0.05, 0.1) is 13.2 Å². The molecule has 0 heterocycles. The van der Waals surface area contributed by atoms with E-state index in [9.17, 15) is 4.79 Å². The molecule has 1 unspecified atom stereocenters. The van der Waals surface area contributed by atoms with Gasteiger partial charge in [-0.25, -0.2) is 0 Å². The quantitative estimate of drug-likeness (QED) is 0.223. The molecule has 0 aromatic heterocycles. The summed E-state index contributed by atoms with van der Waals surface area (Å²) in [5, 5.41) is 0. The molecule has 1 aromatic carbocycles. The summed E-state index contributed by atoms with van der Waals surface area (Å²) in [6.07, 6.45) is 15.0. The molecule has 0 saturated carbocycles. The second-order valence-corrected chi connectivity index (χ2v) is 8.53. The third-order valence-electron chi connectivity index (χ3n) is 5.38. The summed E-state index contributed by atoms with van der Waals surface area (Å²) in [4.78, 5) is 14.6. The Hall–Kier alpha value is -2.81. The van der Waals surface area contributed by atoms with Crippen molar-refractivity contribution in [1.29, 1.82) is 0 Å². The summed E-state index contributed by atoms with van der Waals surface area (Å²) >= 11 is 0. The summed E-state index contributed by atoms with van der Waals surface area (Å²) in [5.41, 5.74) is 5.14. The fraction of sp³-hybridized carbons (Fsp3) is 0.414. The van der Waals surface area contributed by atoms with Crippen LogP contribution in [-0.4, -0.2) is 24.0 Å². The molecule has 0 aliphatic carbocycles. The van der Waals surface area contributed by atoms with Crippen LogP contribution in [0.1, 0.15) is 65.4 Å². The van der Waals surface area contributed by atoms with E-state index in [1.165, 1.54) is 22.8 Å². The molecule has 3 nitrogen and oxygen atoms in total. The minimum absolute atomic E-state index is 0.0529. The van der Waals surface area contributed by atoms with Crippen molar-refractivity contribution in [2.75, 3.05) is 7.11 Å². The lowest BCUT2D eigenvalue weighted by Gasteiger charge is -2.29. The molecular formula is C29H41NO2. The van der Waals surface area contributed by atoms with Gasteiger partial charge in [0.1, 0.15) is 5.75 Å². The number of carbonyl (C=O) groups excluding carboxylic acids is 1. The van der Waals surface area contributed by atoms with E-state index >= 15 is 0 Å². The van der Waals surface area contributed by atoms with Gasteiger partial charge in [0, 0.05) is 6.54 Å². The summed E-state index contributed by atoms with van der Waals surface area (Å²) in [7, 11) is 1.65. The number of allylic oxidation sites excluding steroid dienone is 5. The summed E-state index contributed by atoms with van der Waals surface area (Å²) < 4.78 is 5.24. The Balaban J connectivity index is 2.88. The van der Waals surface area contributed by atoms with Gasteiger partial charge in [0.2, 0.25) is 5.91 Å². The van der Waals surface area contributed by atoms with Crippen LogP contribution in [0.4, 0.5) is 0 Å². The van der Waals surface area contributed by atoms with Gasteiger partial charge in [-0.2, -0.15) is 0 Å². The van der Waals surface area contributed by atoms with Gasteiger partial charge in [0.15, 0.2) is 0 Å². The average molecular weight is 436 g/mol. The summed E-state index contributed by atoms with van der Waals surface area (Å²) in [5.74, 6) is 0.727. The lowest BCUT2D eigenvalue weighted by Crippen LogP contribution is -2.37. The number of hydrogen-bond acceptors (Lipinski definition) is 2. The first kappa shape index (κ1) is 27.2.